The van der Waals surface area contributed by atoms with Gasteiger partial charge in [0.05, 0.1) is 23.4 Å². The van der Waals surface area contributed by atoms with Crippen LogP contribution in [0.2, 0.25) is 0 Å². The lowest BCUT2D eigenvalue weighted by Crippen LogP contribution is -2.07. The summed E-state index contributed by atoms with van der Waals surface area (Å²) in [6.07, 6.45) is 3.45. The van der Waals surface area contributed by atoms with Crippen LogP contribution in [0.1, 0.15) is 22.8 Å². The normalized spacial score (nSPS) is 10.6. The van der Waals surface area contributed by atoms with Gasteiger partial charge in [0, 0.05) is 23.3 Å². The monoisotopic (exact) mass is 292 g/mol. The van der Waals surface area contributed by atoms with Crippen molar-refractivity contribution in [1.29, 1.82) is 0 Å². The number of aromatic nitrogens is 2. The van der Waals surface area contributed by atoms with E-state index >= 15 is 0 Å². The highest BCUT2D eigenvalue weighted by Gasteiger charge is 2.17. The van der Waals surface area contributed by atoms with Crippen molar-refractivity contribution in [3.8, 4) is 11.3 Å². The van der Waals surface area contributed by atoms with Gasteiger partial charge in [0.1, 0.15) is 0 Å². The molecule has 0 amide bonds. The number of nitrogens with zero attached hydrogens (tertiary/aromatic N) is 2. The summed E-state index contributed by atoms with van der Waals surface area (Å²) in [4.78, 5) is 21.0. The SMILES string of the molecule is CCOC(=O)c1cccnc1-c1ccc(C)c2ncccc12. The minimum Gasteiger partial charge on any atom is -0.462 e. The molecule has 0 fully saturated rings. The molecule has 0 bridgehead atoms. The van der Waals surface area contributed by atoms with E-state index in [-0.39, 0.29) is 5.97 Å². The van der Waals surface area contributed by atoms with Gasteiger partial charge >= 0.3 is 5.97 Å². The van der Waals surface area contributed by atoms with Gasteiger partial charge in [-0.2, -0.15) is 0 Å². The molecule has 1 aromatic carbocycles. The Morgan fingerprint density at radius 1 is 1.09 bits per heavy atom. The number of rotatable bonds is 3. The summed E-state index contributed by atoms with van der Waals surface area (Å²) in [6, 6.07) is 11.3. The highest BCUT2D eigenvalue weighted by Crippen LogP contribution is 2.30. The van der Waals surface area contributed by atoms with Crippen LogP contribution in [-0.4, -0.2) is 22.5 Å². The second-order valence-electron chi connectivity index (χ2n) is 4.95. The fourth-order valence-electron chi connectivity index (χ4n) is 2.51. The molecule has 0 atom stereocenters. The zero-order chi connectivity index (χ0) is 15.5. The molecule has 0 unspecified atom stereocenters. The molecular formula is C18H16N2O2. The molecule has 3 aromatic rings. The molecule has 0 spiro atoms. The van der Waals surface area contributed by atoms with Gasteiger partial charge in [0.2, 0.25) is 0 Å². The average Bonchev–Trinajstić information content (AvgIpc) is 2.56. The highest BCUT2D eigenvalue weighted by atomic mass is 16.5. The fourth-order valence-corrected chi connectivity index (χ4v) is 2.51. The van der Waals surface area contributed by atoms with E-state index in [0.29, 0.717) is 17.9 Å². The Morgan fingerprint density at radius 3 is 2.68 bits per heavy atom. The lowest BCUT2D eigenvalue weighted by Gasteiger charge is -2.11. The molecular weight excluding hydrogens is 276 g/mol. The van der Waals surface area contributed by atoms with Crippen molar-refractivity contribution in [2.45, 2.75) is 13.8 Å². The third kappa shape index (κ3) is 2.44. The summed E-state index contributed by atoms with van der Waals surface area (Å²) in [5.41, 5.74) is 3.99. The molecule has 2 heterocycles. The van der Waals surface area contributed by atoms with Gasteiger partial charge in [-0.15, -0.1) is 0 Å². The van der Waals surface area contributed by atoms with Crippen molar-refractivity contribution < 1.29 is 9.53 Å². The Hall–Kier alpha value is -2.75. The van der Waals surface area contributed by atoms with Crippen molar-refractivity contribution in [2.75, 3.05) is 6.61 Å². The molecule has 4 nitrogen and oxygen atoms in total. The second-order valence-corrected chi connectivity index (χ2v) is 4.95. The molecule has 110 valence electrons. The first-order valence-corrected chi connectivity index (χ1v) is 7.19. The number of carbonyl (C=O) groups is 1. The van der Waals surface area contributed by atoms with E-state index in [4.69, 9.17) is 4.74 Å². The zero-order valence-corrected chi connectivity index (χ0v) is 12.5. The standard InChI is InChI=1S/C18H16N2O2/c1-3-22-18(21)15-7-5-11-20-17(15)14-9-8-12(2)16-13(14)6-4-10-19-16/h4-11H,3H2,1-2H3. The largest absolute Gasteiger partial charge is 0.462 e. The summed E-state index contributed by atoms with van der Waals surface area (Å²) in [5, 5.41) is 0.978. The number of carbonyl (C=O) groups excluding carboxylic acids is 1. The predicted molar refractivity (Wildman–Crippen MR) is 85.7 cm³/mol. The van der Waals surface area contributed by atoms with E-state index in [2.05, 4.69) is 9.97 Å². The molecule has 0 aliphatic carbocycles. The maximum Gasteiger partial charge on any atom is 0.340 e. The van der Waals surface area contributed by atoms with E-state index in [1.54, 1.807) is 31.5 Å². The van der Waals surface area contributed by atoms with Crippen molar-refractivity contribution >= 4 is 16.9 Å². The highest BCUT2D eigenvalue weighted by molar-refractivity contribution is 6.02. The maximum atomic E-state index is 12.2. The van der Waals surface area contributed by atoms with Crippen LogP contribution in [-0.2, 0) is 4.74 Å². The van der Waals surface area contributed by atoms with E-state index in [1.807, 2.05) is 31.2 Å². The molecule has 4 heteroatoms. The van der Waals surface area contributed by atoms with Crippen molar-refractivity contribution in [3.63, 3.8) is 0 Å². The summed E-state index contributed by atoms with van der Waals surface area (Å²) >= 11 is 0. The van der Waals surface area contributed by atoms with Gasteiger partial charge in [0.15, 0.2) is 0 Å². The number of ether oxygens (including phenoxy) is 1. The van der Waals surface area contributed by atoms with E-state index in [9.17, 15) is 4.79 Å². The maximum absolute atomic E-state index is 12.2. The Kier molecular flexibility index (Phi) is 3.83. The predicted octanol–water partition coefficient (Wildman–Crippen LogP) is 3.78. The number of hydrogen-bond donors (Lipinski definition) is 0. The molecule has 22 heavy (non-hydrogen) atoms. The average molecular weight is 292 g/mol. The summed E-state index contributed by atoms with van der Waals surface area (Å²) < 4.78 is 5.13. The van der Waals surface area contributed by atoms with Gasteiger partial charge in [-0.1, -0.05) is 18.2 Å². The number of hydrogen-bond acceptors (Lipinski definition) is 4. The first kappa shape index (κ1) is 14.2. The van der Waals surface area contributed by atoms with Crippen LogP contribution in [0.15, 0.2) is 48.8 Å². The summed E-state index contributed by atoms with van der Waals surface area (Å²) in [7, 11) is 0. The second kappa shape index (κ2) is 5.93. The van der Waals surface area contributed by atoms with E-state index in [0.717, 1.165) is 22.0 Å². The molecule has 2 aromatic heterocycles. The van der Waals surface area contributed by atoms with E-state index < -0.39 is 0 Å². The smallest absolute Gasteiger partial charge is 0.340 e. The van der Waals surface area contributed by atoms with Crippen LogP contribution < -0.4 is 0 Å². The number of benzene rings is 1. The van der Waals surface area contributed by atoms with Crippen molar-refractivity contribution in [2.24, 2.45) is 0 Å². The zero-order valence-electron chi connectivity index (χ0n) is 12.5. The number of esters is 1. The van der Waals surface area contributed by atoms with Gasteiger partial charge in [-0.25, -0.2) is 4.79 Å². The minimum absolute atomic E-state index is 0.337. The Bertz CT molecular complexity index is 843. The van der Waals surface area contributed by atoms with E-state index in [1.165, 1.54) is 0 Å². The molecule has 0 radical (unpaired) electrons. The third-order valence-corrected chi connectivity index (χ3v) is 3.53. The van der Waals surface area contributed by atoms with Gasteiger partial charge in [-0.3, -0.25) is 9.97 Å². The topological polar surface area (TPSA) is 52.1 Å². The molecule has 0 aliphatic heterocycles. The molecule has 3 rings (SSSR count). The molecule has 0 saturated carbocycles. The lowest BCUT2D eigenvalue weighted by atomic mass is 9.99. The first-order chi connectivity index (χ1) is 10.7. The Labute approximate surface area is 128 Å². The third-order valence-electron chi connectivity index (χ3n) is 3.53. The Morgan fingerprint density at radius 2 is 1.86 bits per heavy atom. The van der Waals surface area contributed by atoms with Crippen LogP contribution in [0, 0.1) is 6.92 Å². The minimum atomic E-state index is -0.358. The quantitative estimate of drug-likeness (QED) is 0.689. The van der Waals surface area contributed by atoms with Crippen LogP contribution in [0.5, 0.6) is 0 Å². The van der Waals surface area contributed by atoms with Crippen LogP contribution in [0.25, 0.3) is 22.2 Å². The number of fused-ring (bicyclic) bond motifs is 1. The summed E-state index contributed by atoms with van der Waals surface area (Å²) in [6.45, 7) is 4.15. The van der Waals surface area contributed by atoms with Crippen molar-refractivity contribution in [1.82, 2.24) is 9.97 Å². The van der Waals surface area contributed by atoms with Crippen LogP contribution in [0.4, 0.5) is 0 Å². The fraction of sp³-hybridized carbons (Fsp3) is 0.167. The molecule has 0 aliphatic rings. The van der Waals surface area contributed by atoms with Crippen LogP contribution in [0.3, 0.4) is 0 Å². The molecule has 0 saturated heterocycles. The molecule has 0 N–H and O–H groups in total. The summed E-state index contributed by atoms with van der Waals surface area (Å²) in [5.74, 6) is -0.358. The lowest BCUT2D eigenvalue weighted by molar-refractivity contribution is 0.0527. The van der Waals surface area contributed by atoms with Gasteiger partial charge < -0.3 is 4.74 Å². The Balaban J connectivity index is 2.25. The van der Waals surface area contributed by atoms with Crippen LogP contribution >= 0.6 is 0 Å². The first-order valence-electron chi connectivity index (χ1n) is 7.19. The number of pyridine rings is 2. The van der Waals surface area contributed by atoms with Crippen molar-refractivity contribution in [3.05, 3.63) is 59.9 Å². The van der Waals surface area contributed by atoms with Gasteiger partial charge in [0.25, 0.3) is 0 Å². The number of aryl methyl sites for hydroxylation is 1. The van der Waals surface area contributed by atoms with Gasteiger partial charge in [-0.05, 0) is 37.6 Å².